The Morgan fingerprint density at radius 3 is 2.66 bits per heavy atom. The topological polar surface area (TPSA) is 80.5 Å². The number of amides is 1. The fourth-order valence-electron chi connectivity index (χ4n) is 3.56. The number of hydrogen-bond donors (Lipinski definition) is 1. The van der Waals surface area contributed by atoms with Gasteiger partial charge in [-0.25, -0.2) is 4.39 Å². The highest BCUT2D eigenvalue weighted by Gasteiger charge is 2.21. The number of carbonyl (C=O) groups excluding carboxylic acids is 1. The number of rotatable bonds is 9. The van der Waals surface area contributed by atoms with Crippen LogP contribution in [0, 0.1) is 5.82 Å². The van der Waals surface area contributed by atoms with Crippen molar-refractivity contribution < 1.29 is 18.4 Å². The first-order valence-corrected chi connectivity index (χ1v) is 10.2. The maximum atomic E-state index is 13.0. The van der Waals surface area contributed by atoms with E-state index in [9.17, 15) is 9.18 Å². The van der Waals surface area contributed by atoms with Crippen LogP contribution in [0.1, 0.15) is 39.0 Å². The normalized spacial score (nSPS) is 20.0. The van der Waals surface area contributed by atoms with Gasteiger partial charge in [-0.1, -0.05) is 5.16 Å². The molecular formula is C21H29FN4O3. The predicted octanol–water partition coefficient (Wildman–Crippen LogP) is 2.81. The van der Waals surface area contributed by atoms with Gasteiger partial charge in [0.25, 0.3) is 0 Å². The first kappa shape index (κ1) is 21.4. The molecule has 0 aliphatic carbocycles. The zero-order valence-electron chi connectivity index (χ0n) is 17.1. The van der Waals surface area contributed by atoms with Gasteiger partial charge in [-0.3, -0.25) is 9.69 Å². The summed E-state index contributed by atoms with van der Waals surface area (Å²) < 4.78 is 23.9. The zero-order chi connectivity index (χ0) is 20.6. The van der Waals surface area contributed by atoms with E-state index < -0.39 is 0 Å². The van der Waals surface area contributed by atoms with Crippen LogP contribution in [0.25, 0.3) is 11.4 Å². The molecule has 0 saturated carbocycles. The van der Waals surface area contributed by atoms with Crippen LogP contribution in [-0.4, -0.2) is 59.3 Å². The molecule has 2 aromatic rings. The van der Waals surface area contributed by atoms with Crippen molar-refractivity contribution in [2.45, 2.75) is 51.7 Å². The third-order valence-electron chi connectivity index (χ3n) is 4.83. The molecule has 1 saturated heterocycles. The molecule has 1 aromatic heterocycles. The lowest BCUT2D eigenvalue weighted by molar-refractivity contribution is -0.121. The van der Waals surface area contributed by atoms with Crippen LogP contribution in [0.5, 0.6) is 0 Å². The molecule has 2 unspecified atom stereocenters. The van der Waals surface area contributed by atoms with Crippen molar-refractivity contribution in [1.82, 2.24) is 20.4 Å². The molecule has 1 fully saturated rings. The Morgan fingerprint density at radius 2 is 1.93 bits per heavy atom. The van der Waals surface area contributed by atoms with Crippen molar-refractivity contribution in [3.63, 3.8) is 0 Å². The summed E-state index contributed by atoms with van der Waals surface area (Å²) in [5, 5.41) is 6.88. The van der Waals surface area contributed by atoms with Gasteiger partial charge in [0.2, 0.25) is 17.6 Å². The SMILES string of the molecule is CC1CN(CCCNC(=O)CCCc2nc(-c3ccc(F)cc3)no2)CC(C)O1. The van der Waals surface area contributed by atoms with Gasteiger partial charge in [-0.15, -0.1) is 0 Å². The molecule has 158 valence electrons. The van der Waals surface area contributed by atoms with E-state index >= 15 is 0 Å². The minimum atomic E-state index is -0.308. The predicted molar refractivity (Wildman–Crippen MR) is 107 cm³/mol. The van der Waals surface area contributed by atoms with Crippen molar-refractivity contribution in [3.05, 3.63) is 36.0 Å². The number of morpholine rings is 1. The minimum absolute atomic E-state index is 0.0342. The van der Waals surface area contributed by atoms with E-state index in [2.05, 4.69) is 34.2 Å². The molecule has 0 spiro atoms. The average Bonchev–Trinajstić information content (AvgIpc) is 3.14. The lowest BCUT2D eigenvalue weighted by Crippen LogP contribution is -2.46. The summed E-state index contributed by atoms with van der Waals surface area (Å²) in [6.45, 7) is 7.72. The summed E-state index contributed by atoms with van der Waals surface area (Å²) in [6.07, 6.45) is 3.04. The molecule has 1 aromatic carbocycles. The molecule has 3 rings (SSSR count). The summed E-state index contributed by atoms with van der Waals surface area (Å²) in [5.41, 5.74) is 0.697. The van der Waals surface area contributed by atoms with Gasteiger partial charge >= 0.3 is 0 Å². The Labute approximate surface area is 170 Å². The molecule has 29 heavy (non-hydrogen) atoms. The second kappa shape index (κ2) is 10.5. The smallest absolute Gasteiger partial charge is 0.226 e. The van der Waals surface area contributed by atoms with Gasteiger partial charge in [0, 0.05) is 44.6 Å². The number of halogens is 1. The lowest BCUT2D eigenvalue weighted by Gasteiger charge is -2.35. The third-order valence-corrected chi connectivity index (χ3v) is 4.83. The van der Waals surface area contributed by atoms with Crippen LogP contribution >= 0.6 is 0 Å². The highest BCUT2D eigenvalue weighted by Crippen LogP contribution is 2.17. The molecule has 0 bridgehead atoms. The van der Waals surface area contributed by atoms with Gasteiger partial charge in [-0.05, 0) is 51.0 Å². The molecule has 2 atom stereocenters. The quantitative estimate of drug-likeness (QED) is 0.648. The standard InChI is InChI=1S/C21H29FN4O3/c1-15-13-26(14-16(2)28-15)12-4-11-23-19(27)5-3-6-20-24-21(25-29-20)17-7-9-18(22)10-8-17/h7-10,15-16H,3-6,11-14H2,1-2H3,(H,23,27). The molecule has 1 amide bonds. The Morgan fingerprint density at radius 1 is 1.21 bits per heavy atom. The van der Waals surface area contributed by atoms with Crippen molar-refractivity contribution in [3.8, 4) is 11.4 Å². The van der Waals surface area contributed by atoms with Crippen LogP contribution in [0.2, 0.25) is 0 Å². The summed E-state index contributed by atoms with van der Waals surface area (Å²) >= 11 is 0. The van der Waals surface area contributed by atoms with Crippen molar-refractivity contribution in [2.24, 2.45) is 0 Å². The molecule has 1 aliphatic rings. The fraction of sp³-hybridized carbons (Fsp3) is 0.571. The highest BCUT2D eigenvalue weighted by atomic mass is 19.1. The van der Waals surface area contributed by atoms with Gasteiger partial charge in [-0.2, -0.15) is 4.98 Å². The first-order valence-electron chi connectivity index (χ1n) is 10.2. The van der Waals surface area contributed by atoms with Crippen molar-refractivity contribution >= 4 is 5.91 Å². The van der Waals surface area contributed by atoms with Crippen molar-refractivity contribution in [1.29, 1.82) is 0 Å². The lowest BCUT2D eigenvalue weighted by atomic mass is 10.2. The van der Waals surface area contributed by atoms with Crippen LogP contribution in [0.15, 0.2) is 28.8 Å². The number of aryl methyl sites for hydroxylation is 1. The van der Waals surface area contributed by atoms with E-state index in [1.165, 1.54) is 12.1 Å². The molecular weight excluding hydrogens is 375 g/mol. The van der Waals surface area contributed by atoms with E-state index in [0.29, 0.717) is 43.1 Å². The number of aromatic nitrogens is 2. The Kier molecular flexibility index (Phi) is 7.71. The Bertz CT molecular complexity index is 770. The summed E-state index contributed by atoms with van der Waals surface area (Å²) in [5.74, 6) is 0.633. The van der Waals surface area contributed by atoms with Gasteiger partial charge in [0.15, 0.2) is 0 Å². The highest BCUT2D eigenvalue weighted by molar-refractivity contribution is 5.75. The fourth-order valence-corrected chi connectivity index (χ4v) is 3.56. The molecule has 0 radical (unpaired) electrons. The van der Waals surface area contributed by atoms with E-state index in [-0.39, 0.29) is 23.9 Å². The van der Waals surface area contributed by atoms with E-state index in [0.717, 1.165) is 26.1 Å². The molecule has 1 N–H and O–H groups in total. The van der Waals surface area contributed by atoms with Crippen LogP contribution in [0.4, 0.5) is 4.39 Å². The van der Waals surface area contributed by atoms with Gasteiger partial charge in [0.05, 0.1) is 12.2 Å². The minimum Gasteiger partial charge on any atom is -0.373 e. The maximum absolute atomic E-state index is 13.0. The van der Waals surface area contributed by atoms with Crippen molar-refractivity contribution in [2.75, 3.05) is 26.2 Å². The molecule has 2 heterocycles. The summed E-state index contributed by atoms with van der Waals surface area (Å²) in [6, 6.07) is 5.93. The number of nitrogens with one attached hydrogen (secondary N) is 1. The van der Waals surface area contributed by atoms with E-state index in [1.54, 1.807) is 12.1 Å². The monoisotopic (exact) mass is 404 g/mol. The number of nitrogens with zero attached hydrogens (tertiary/aromatic N) is 3. The molecule has 8 heteroatoms. The Hall–Kier alpha value is -2.32. The zero-order valence-corrected chi connectivity index (χ0v) is 17.1. The second-order valence-corrected chi connectivity index (χ2v) is 7.59. The number of hydrogen-bond acceptors (Lipinski definition) is 6. The second-order valence-electron chi connectivity index (χ2n) is 7.59. The molecule has 7 nitrogen and oxygen atoms in total. The molecule has 1 aliphatic heterocycles. The number of benzene rings is 1. The first-order chi connectivity index (χ1) is 14.0. The maximum Gasteiger partial charge on any atom is 0.226 e. The summed E-state index contributed by atoms with van der Waals surface area (Å²) in [4.78, 5) is 18.7. The Balaban J connectivity index is 1.30. The van der Waals surface area contributed by atoms with E-state index in [4.69, 9.17) is 9.26 Å². The third kappa shape index (κ3) is 6.90. The van der Waals surface area contributed by atoms with Gasteiger partial charge in [0.1, 0.15) is 5.82 Å². The average molecular weight is 404 g/mol. The van der Waals surface area contributed by atoms with Crippen LogP contribution < -0.4 is 5.32 Å². The number of ether oxygens (including phenoxy) is 1. The van der Waals surface area contributed by atoms with Crippen LogP contribution in [0.3, 0.4) is 0 Å². The van der Waals surface area contributed by atoms with Gasteiger partial charge < -0.3 is 14.6 Å². The summed E-state index contributed by atoms with van der Waals surface area (Å²) in [7, 11) is 0. The largest absolute Gasteiger partial charge is 0.373 e. The number of carbonyl (C=O) groups is 1. The van der Waals surface area contributed by atoms with Crippen LogP contribution in [-0.2, 0) is 16.0 Å². The van der Waals surface area contributed by atoms with E-state index in [1.807, 2.05) is 0 Å².